The minimum absolute atomic E-state index is 0.0375. The maximum Gasteiger partial charge on any atom is 0.520 e. The van der Waals surface area contributed by atoms with Gasteiger partial charge in [-0.1, -0.05) is 0 Å². The maximum atomic E-state index is 15.5. The normalized spacial score (nSPS) is 20.9. The van der Waals surface area contributed by atoms with Gasteiger partial charge < -0.3 is 20.1 Å². The van der Waals surface area contributed by atoms with Crippen LogP contribution < -0.4 is 14.7 Å². The van der Waals surface area contributed by atoms with Crippen molar-refractivity contribution in [2.75, 3.05) is 43.1 Å². The zero-order chi connectivity index (χ0) is 28.7. The number of rotatable bonds is 5. The second-order valence-electron chi connectivity index (χ2n) is 10.5. The van der Waals surface area contributed by atoms with E-state index in [4.69, 9.17) is 4.74 Å². The molecule has 1 aromatic carbocycles. The number of hydrogen-bond donors (Lipinski definition) is 2. The van der Waals surface area contributed by atoms with Crippen LogP contribution in [0.1, 0.15) is 25.3 Å². The van der Waals surface area contributed by atoms with E-state index in [1.165, 1.54) is 6.33 Å². The van der Waals surface area contributed by atoms with Gasteiger partial charge in [-0.3, -0.25) is 0 Å². The van der Waals surface area contributed by atoms with Crippen molar-refractivity contribution >= 4 is 40.0 Å². The highest BCUT2D eigenvalue weighted by Crippen LogP contribution is 2.44. The number of fused-ring (bicyclic) bond motifs is 1. The van der Waals surface area contributed by atoms with Crippen LogP contribution >= 0.6 is 0 Å². The third-order valence-electron chi connectivity index (χ3n) is 8.18. The molecule has 0 saturated carbocycles. The maximum absolute atomic E-state index is 15.5. The van der Waals surface area contributed by atoms with Gasteiger partial charge in [0.2, 0.25) is 5.82 Å². The Morgan fingerprint density at radius 1 is 1.20 bits per heavy atom. The average Bonchev–Trinajstić information content (AvgIpc) is 3.37. The summed E-state index contributed by atoms with van der Waals surface area (Å²) in [5, 5.41) is 13.9. The predicted molar refractivity (Wildman–Crippen MR) is 151 cm³/mol. The number of carbonyl (C=O) groups is 1. The smallest absolute Gasteiger partial charge is 0.435 e. The number of ether oxygens (including phenoxy) is 1. The Bertz CT molecular complexity index is 1630. The van der Waals surface area contributed by atoms with Gasteiger partial charge in [0.05, 0.1) is 53.2 Å². The molecule has 3 aromatic heterocycles. The van der Waals surface area contributed by atoms with Gasteiger partial charge in [0.25, 0.3) is 0 Å². The van der Waals surface area contributed by atoms with Crippen molar-refractivity contribution in [3.05, 3.63) is 60.3 Å². The van der Waals surface area contributed by atoms with Crippen LogP contribution in [0, 0.1) is 18.6 Å². The lowest BCUT2D eigenvalue weighted by Crippen LogP contribution is -2.56. The number of benzene rings is 1. The third kappa shape index (κ3) is 4.52. The molecule has 0 radical (unpaired) electrons. The van der Waals surface area contributed by atoms with E-state index >= 15 is 4.39 Å². The third-order valence-corrected chi connectivity index (χ3v) is 8.18. The zero-order valence-corrected chi connectivity index (χ0v) is 22.8. The summed E-state index contributed by atoms with van der Waals surface area (Å²) < 4.78 is 35.1. The number of morpholine rings is 1. The number of nitrogens with zero attached hydrogens (tertiary/aromatic N) is 6. The average molecular weight is 563 g/mol. The summed E-state index contributed by atoms with van der Waals surface area (Å²) in [5.74, 6) is -0.652. The number of nitrogens with one attached hydrogen (secondary N) is 1. The molecule has 2 atom stereocenters. The topological polar surface area (TPSA) is 113 Å². The van der Waals surface area contributed by atoms with Crippen LogP contribution in [0.15, 0.2) is 43.1 Å². The lowest BCUT2D eigenvalue weighted by atomic mass is 10.0. The number of anilines is 3. The van der Waals surface area contributed by atoms with Crippen LogP contribution in [-0.4, -0.2) is 70.0 Å². The second kappa shape index (κ2) is 10.6. The van der Waals surface area contributed by atoms with E-state index in [1.807, 2.05) is 6.92 Å². The monoisotopic (exact) mass is 562 g/mol. The van der Waals surface area contributed by atoms with Crippen LogP contribution in [0.25, 0.3) is 22.0 Å². The molecule has 10 nitrogen and oxygen atoms in total. The van der Waals surface area contributed by atoms with Gasteiger partial charge in [-0.25, -0.2) is 23.7 Å². The minimum atomic E-state index is -1.05. The van der Waals surface area contributed by atoms with Gasteiger partial charge >= 0.3 is 6.09 Å². The van der Waals surface area contributed by atoms with Gasteiger partial charge in [-0.2, -0.15) is 14.3 Å². The molecule has 2 saturated heterocycles. The van der Waals surface area contributed by atoms with Crippen LogP contribution in [0.3, 0.4) is 0 Å². The zero-order valence-electron chi connectivity index (χ0n) is 22.8. The van der Waals surface area contributed by atoms with Crippen molar-refractivity contribution in [3.8, 4) is 11.1 Å². The molecule has 2 aliphatic heterocycles. The molecular formula is C29H30F2N7O3+. The van der Waals surface area contributed by atoms with Crippen LogP contribution in [0.4, 0.5) is 36.6 Å². The van der Waals surface area contributed by atoms with Crippen molar-refractivity contribution < 1.29 is 23.4 Å². The van der Waals surface area contributed by atoms with E-state index in [2.05, 4.69) is 30.2 Å². The Kier molecular flexibility index (Phi) is 6.96. The largest absolute Gasteiger partial charge is 0.520 e. The first-order valence-corrected chi connectivity index (χ1v) is 13.6. The fourth-order valence-corrected chi connectivity index (χ4v) is 6.12. The Labute approximate surface area is 235 Å². The Hall–Kier alpha value is -4.29. The van der Waals surface area contributed by atoms with E-state index in [-0.39, 0.29) is 22.8 Å². The van der Waals surface area contributed by atoms with Crippen LogP contribution in [0.2, 0.25) is 0 Å². The first-order valence-electron chi connectivity index (χ1n) is 13.6. The number of pyridine rings is 2. The molecule has 1 amide bonds. The quantitative estimate of drug-likeness (QED) is 0.308. The van der Waals surface area contributed by atoms with E-state index in [1.54, 1.807) is 31.6 Å². The van der Waals surface area contributed by atoms with Crippen LogP contribution in [0.5, 0.6) is 0 Å². The van der Waals surface area contributed by atoms with Gasteiger partial charge in [-0.05, 0) is 19.9 Å². The number of carboxylic acid groups (broad SMARTS) is 1. The molecule has 0 spiro atoms. The van der Waals surface area contributed by atoms with Crippen LogP contribution in [-0.2, 0) is 4.74 Å². The Morgan fingerprint density at radius 2 is 1.95 bits per heavy atom. The highest BCUT2D eigenvalue weighted by molar-refractivity contribution is 6.01. The van der Waals surface area contributed by atoms with Gasteiger partial charge in [0, 0.05) is 62.2 Å². The number of likely N-dealkylation sites (tertiary alicyclic amines) is 1. The van der Waals surface area contributed by atoms with Crippen molar-refractivity contribution in [2.24, 2.45) is 0 Å². The molecule has 2 N–H and O–H groups in total. The summed E-state index contributed by atoms with van der Waals surface area (Å²) in [5.41, 5.74) is 2.79. The van der Waals surface area contributed by atoms with Gasteiger partial charge in [0.15, 0.2) is 0 Å². The highest BCUT2D eigenvalue weighted by Gasteiger charge is 2.51. The van der Waals surface area contributed by atoms with Gasteiger partial charge in [0.1, 0.15) is 29.8 Å². The molecule has 2 aliphatic rings. The fraction of sp³-hybridized carbons (Fsp3) is 0.345. The Morgan fingerprint density at radius 3 is 2.63 bits per heavy atom. The van der Waals surface area contributed by atoms with E-state index in [9.17, 15) is 14.3 Å². The molecular weight excluding hydrogens is 532 g/mol. The Balaban J connectivity index is 1.61. The molecule has 212 valence electrons. The molecule has 0 aliphatic carbocycles. The number of aromatic nitrogens is 4. The standard InChI is InChI=1S/C29H29F2N7O3/c1-17-4-3-9-38(17,29(39)40)28-18(2)26(25-21(31)12-20(30)13-23(25)36-28)35-22-5-6-34-27(37-7-10-41-11-8-37)24(22)19-14-32-16-33-15-19/h5-6,12-17H,3-4,7-11H2,1-2H3,(H-,34,35,36,39,40)/p+1/t17-,38?/m1/s1. The first kappa shape index (κ1) is 26.9. The number of hydrogen-bond acceptors (Lipinski definition) is 8. The van der Waals surface area contributed by atoms with Crippen molar-refractivity contribution in [2.45, 2.75) is 32.7 Å². The first-order chi connectivity index (χ1) is 19.8. The van der Waals surface area contributed by atoms with E-state index in [0.29, 0.717) is 79.6 Å². The summed E-state index contributed by atoms with van der Waals surface area (Å²) in [6, 6.07) is 3.45. The predicted octanol–water partition coefficient (Wildman–Crippen LogP) is 5.42. The molecule has 1 unspecified atom stereocenters. The van der Waals surface area contributed by atoms with Crippen molar-refractivity contribution in [1.82, 2.24) is 24.4 Å². The number of quaternary nitrogens is 1. The molecule has 41 heavy (non-hydrogen) atoms. The number of amides is 1. The molecule has 6 rings (SSSR count). The number of halogens is 2. The molecule has 2 fully saturated rings. The fourth-order valence-electron chi connectivity index (χ4n) is 6.12. The van der Waals surface area contributed by atoms with E-state index in [0.717, 1.165) is 12.1 Å². The molecule has 5 heterocycles. The summed E-state index contributed by atoms with van der Waals surface area (Å²) >= 11 is 0. The van der Waals surface area contributed by atoms with Crippen molar-refractivity contribution in [3.63, 3.8) is 0 Å². The van der Waals surface area contributed by atoms with E-state index < -0.39 is 22.2 Å². The second-order valence-corrected chi connectivity index (χ2v) is 10.5. The lowest BCUT2D eigenvalue weighted by molar-refractivity contribution is 0.122. The highest BCUT2D eigenvalue weighted by atomic mass is 19.1. The molecule has 12 heteroatoms. The summed E-state index contributed by atoms with van der Waals surface area (Å²) in [6.45, 7) is 6.28. The summed E-state index contributed by atoms with van der Waals surface area (Å²) in [4.78, 5) is 32.6. The minimum Gasteiger partial charge on any atom is -0.435 e. The summed E-state index contributed by atoms with van der Waals surface area (Å²) in [7, 11) is 0. The van der Waals surface area contributed by atoms with Gasteiger partial charge in [-0.15, -0.1) is 0 Å². The molecule has 4 aromatic rings. The molecule has 0 bridgehead atoms. The lowest BCUT2D eigenvalue weighted by Gasteiger charge is -2.33. The summed E-state index contributed by atoms with van der Waals surface area (Å²) in [6.07, 6.45) is 6.78. The SMILES string of the molecule is Cc1c([N+]2(C(=O)O)CCC[C@H]2C)nc2cc(F)cc(F)c2c1Nc1ccnc(N2CCOCC2)c1-c1cncnc1. The van der Waals surface area contributed by atoms with Crippen molar-refractivity contribution in [1.29, 1.82) is 0 Å².